The Hall–Kier alpha value is -1.69. The summed E-state index contributed by atoms with van der Waals surface area (Å²) in [5.41, 5.74) is 2.69. The van der Waals surface area contributed by atoms with Crippen molar-refractivity contribution in [3.8, 4) is 0 Å². The number of halogens is 1. The van der Waals surface area contributed by atoms with E-state index >= 15 is 0 Å². The van der Waals surface area contributed by atoms with Gasteiger partial charge >= 0.3 is 0 Å². The van der Waals surface area contributed by atoms with Gasteiger partial charge in [-0.15, -0.1) is 0 Å². The Kier molecular flexibility index (Phi) is 4.68. The van der Waals surface area contributed by atoms with Gasteiger partial charge in [0.1, 0.15) is 5.69 Å². The summed E-state index contributed by atoms with van der Waals surface area (Å²) < 4.78 is 0.707. The Bertz CT molecular complexity index is 567. The second-order valence-corrected chi connectivity index (χ2v) is 5.07. The fourth-order valence-electron chi connectivity index (χ4n) is 1.74. The van der Waals surface area contributed by atoms with Gasteiger partial charge in [0, 0.05) is 22.9 Å². The second-order valence-electron chi connectivity index (χ2n) is 4.21. The molecule has 0 unspecified atom stereocenters. The topological polar surface area (TPSA) is 70.7 Å². The van der Waals surface area contributed by atoms with Crippen LogP contribution in [0.3, 0.4) is 0 Å². The summed E-state index contributed by atoms with van der Waals surface area (Å²) in [6.45, 7) is 2.61. The summed E-state index contributed by atoms with van der Waals surface area (Å²) in [5.74, 6) is -0.156. The molecule has 0 saturated carbocycles. The number of aromatic nitrogens is 3. The zero-order valence-corrected chi connectivity index (χ0v) is 12.2. The highest BCUT2D eigenvalue weighted by molar-refractivity contribution is 9.10. The third-order valence-corrected chi connectivity index (χ3v) is 3.46. The van der Waals surface area contributed by atoms with Gasteiger partial charge in [0.05, 0.1) is 6.20 Å². The van der Waals surface area contributed by atoms with Crippen LogP contribution < -0.4 is 5.32 Å². The predicted octanol–water partition coefficient (Wildman–Crippen LogP) is 2.24. The number of H-pyrrole nitrogens is 1. The second kappa shape index (κ2) is 6.47. The van der Waals surface area contributed by atoms with Crippen LogP contribution >= 0.6 is 15.9 Å². The molecular weight excluding hydrogens is 308 g/mol. The number of hydrogen-bond donors (Lipinski definition) is 2. The van der Waals surface area contributed by atoms with E-state index in [4.69, 9.17) is 0 Å². The Morgan fingerprint density at radius 1 is 1.53 bits per heavy atom. The van der Waals surface area contributed by atoms with Gasteiger partial charge < -0.3 is 5.32 Å². The van der Waals surface area contributed by atoms with E-state index in [1.165, 1.54) is 5.56 Å². The first-order valence-electron chi connectivity index (χ1n) is 6.06. The van der Waals surface area contributed by atoms with Gasteiger partial charge in [0.15, 0.2) is 0 Å². The van der Waals surface area contributed by atoms with Gasteiger partial charge in [-0.05, 0) is 53.4 Å². The van der Waals surface area contributed by atoms with Gasteiger partial charge in [-0.25, -0.2) is 4.98 Å². The van der Waals surface area contributed by atoms with Crippen molar-refractivity contribution in [3.05, 3.63) is 46.0 Å². The van der Waals surface area contributed by atoms with Gasteiger partial charge in [-0.3, -0.25) is 9.89 Å². The van der Waals surface area contributed by atoms with Crippen LogP contribution in [-0.4, -0.2) is 27.6 Å². The minimum atomic E-state index is -0.156. The van der Waals surface area contributed by atoms with Crippen molar-refractivity contribution in [2.24, 2.45) is 0 Å². The van der Waals surface area contributed by atoms with Crippen molar-refractivity contribution in [3.63, 3.8) is 0 Å². The molecule has 0 fully saturated rings. The van der Waals surface area contributed by atoms with E-state index < -0.39 is 0 Å². The Morgan fingerprint density at radius 3 is 3.05 bits per heavy atom. The largest absolute Gasteiger partial charge is 0.351 e. The lowest BCUT2D eigenvalue weighted by Crippen LogP contribution is -2.26. The van der Waals surface area contributed by atoms with Gasteiger partial charge in [0.25, 0.3) is 5.91 Å². The summed E-state index contributed by atoms with van der Waals surface area (Å²) >= 11 is 3.31. The third kappa shape index (κ3) is 3.64. The van der Waals surface area contributed by atoms with E-state index in [1.54, 1.807) is 18.3 Å². The maximum atomic E-state index is 11.9. The van der Waals surface area contributed by atoms with Crippen LogP contribution in [0.5, 0.6) is 0 Å². The minimum absolute atomic E-state index is 0.156. The molecule has 1 amide bonds. The molecule has 0 bridgehead atoms. The number of amides is 1. The van der Waals surface area contributed by atoms with Crippen molar-refractivity contribution in [1.82, 2.24) is 20.5 Å². The molecule has 0 spiro atoms. The third-order valence-electron chi connectivity index (χ3n) is 2.82. The maximum Gasteiger partial charge on any atom is 0.271 e. The van der Waals surface area contributed by atoms with Crippen LogP contribution in [0.2, 0.25) is 0 Å². The molecule has 2 N–H and O–H groups in total. The first-order chi connectivity index (χ1) is 9.18. The summed E-state index contributed by atoms with van der Waals surface area (Å²) in [4.78, 5) is 15.9. The zero-order chi connectivity index (χ0) is 13.7. The lowest BCUT2D eigenvalue weighted by molar-refractivity contribution is 0.0947. The molecule has 19 heavy (non-hydrogen) atoms. The quantitative estimate of drug-likeness (QED) is 0.829. The lowest BCUT2D eigenvalue weighted by atomic mass is 10.1. The molecule has 0 aliphatic rings. The number of hydrogen-bond acceptors (Lipinski definition) is 3. The molecule has 2 rings (SSSR count). The average molecular weight is 323 g/mol. The lowest BCUT2D eigenvalue weighted by Gasteiger charge is -2.05. The fourth-order valence-corrected chi connectivity index (χ4v) is 2.18. The maximum absolute atomic E-state index is 11.9. The fraction of sp³-hybridized carbons (Fsp3) is 0.308. The van der Waals surface area contributed by atoms with E-state index in [0.29, 0.717) is 16.7 Å². The van der Waals surface area contributed by atoms with Crippen molar-refractivity contribution in [2.75, 3.05) is 6.54 Å². The molecular formula is C13H15BrN4O. The van der Waals surface area contributed by atoms with E-state index in [0.717, 1.165) is 18.5 Å². The van der Waals surface area contributed by atoms with Crippen molar-refractivity contribution in [1.29, 1.82) is 0 Å². The van der Waals surface area contributed by atoms with Crippen LogP contribution in [0.1, 0.15) is 28.2 Å². The van der Waals surface area contributed by atoms with Crippen molar-refractivity contribution < 1.29 is 4.79 Å². The van der Waals surface area contributed by atoms with Crippen LogP contribution in [-0.2, 0) is 6.42 Å². The van der Waals surface area contributed by atoms with Crippen LogP contribution in [0, 0.1) is 6.92 Å². The Morgan fingerprint density at radius 2 is 2.37 bits per heavy atom. The molecule has 2 aromatic heterocycles. The van der Waals surface area contributed by atoms with Crippen molar-refractivity contribution >= 4 is 21.8 Å². The van der Waals surface area contributed by atoms with Crippen LogP contribution in [0.4, 0.5) is 0 Å². The Balaban J connectivity index is 1.79. The SMILES string of the molecule is Cc1[nH]ncc1CCCNC(=O)c1ncccc1Br. The van der Waals surface area contributed by atoms with Crippen molar-refractivity contribution in [2.45, 2.75) is 19.8 Å². The number of nitrogens with one attached hydrogen (secondary N) is 2. The molecule has 5 nitrogen and oxygen atoms in total. The zero-order valence-electron chi connectivity index (χ0n) is 10.6. The number of pyridine rings is 1. The molecule has 0 aliphatic heterocycles. The summed E-state index contributed by atoms with van der Waals surface area (Å²) in [5, 5.41) is 9.72. The summed E-state index contributed by atoms with van der Waals surface area (Å²) in [6.07, 6.45) is 5.20. The molecule has 0 atom stereocenters. The first-order valence-corrected chi connectivity index (χ1v) is 6.85. The molecule has 6 heteroatoms. The van der Waals surface area contributed by atoms with Gasteiger partial charge in [-0.1, -0.05) is 0 Å². The first kappa shape index (κ1) is 13.7. The van der Waals surface area contributed by atoms with E-state index in [2.05, 4.69) is 36.4 Å². The number of carbonyl (C=O) groups excluding carboxylic acids is 1. The molecule has 0 aliphatic carbocycles. The smallest absolute Gasteiger partial charge is 0.271 e. The highest BCUT2D eigenvalue weighted by atomic mass is 79.9. The molecule has 0 radical (unpaired) electrons. The monoisotopic (exact) mass is 322 g/mol. The van der Waals surface area contributed by atoms with E-state index in [9.17, 15) is 4.79 Å². The summed E-state index contributed by atoms with van der Waals surface area (Å²) in [6, 6.07) is 3.58. The standard InChI is InChI=1S/C13H15BrN4O/c1-9-10(8-17-18-9)4-2-7-16-13(19)12-11(14)5-3-6-15-12/h3,5-6,8H,2,4,7H2,1H3,(H,16,19)(H,17,18). The molecule has 2 aromatic rings. The van der Waals surface area contributed by atoms with Gasteiger partial charge in [-0.2, -0.15) is 5.10 Å². The highest BCUT2D eigenvalue weighted by Gasteiger charge is 2.10. The van der Waals surface area contributed by atoms with Gasteiger partial charge in [0.2, 0.25) is 0 Å². The minimum Gasteiger partial charge on any atom is -0.351 e. The number of aryl methyl sites for hydroxylation is 2. The van der Waals surface area contributed by atoms with Crippen LogP contribution in [0.15, 0.2) is 29.0 Å². The molecule has 0 aromatic carbocycles. The normalized spacial score (nSPS) is 10.4. The van der Waals surface area contributed by atoms with E-state index in [1.807, 2.05) is 13.1 Å². The number of nitrogens with zero attached hydrogens (tertiary/aromatic N) is 2. The summed E-state index contributed by atoms with van der Waals surface area (Å²) in [7, 11) is 0. The number of carbonyl (C=O) groups is 1. The van der Waals surface area contributed by atoms with Crippen LogP contribution in [0.25, 0.3) is 0 Å². The molecule has 0 saturated heterocycles. The number of aromatic amines is 1. The average Bonchev–Trinajstić information content (AvgIpc) is 2.80. The molecule has 100 valence electrons. The van der Waals surface area contributed by atoms with E-state index in [-0.39, 0.29) is 5.91 Å². The molecule has 2 heterocycles. The number of rotatable bonds is 5. The Labute approximate surface area is 120 Å². The predicted molar refractivity (Wildman–Crippen MR) is 75.9 cm³/mol. The highest BCUT2D eigenvalue weighted by Crippen LogP contribution is 2.12.